The Hall–Kier alpha value is -2.57. The molecule has 2 aromatic carbocycles. The van der Waals surface area contributed by atoms with Crippen molar-refractivity contribution in [3.8, 4) is 16.8 Å². The predicted molar refractivity (Wildman–Crippen MR) is 103 cm³/mol. The van der Waals surface area contributed by atoms with Crippen LogP contribution in [0, 0.1) is 17.5 Å². The van der Waals surface area contributed by atoms with E-state index in [0.29, 0.717) is 15.8 Å². The Morgan fingerprint density at radius 1 is 1.08 bits per heavy atom. The Kier molecular flexibility index (Phi) is 3.86. The largest absolute Gasteiger partial charge is 0.323 e. The number of halogens is 1. The molecule has 25 heavy (non-hydrogen) atoms. The number of H-pyrrole nitrogens is 1. The van der Waals surface area contributed by atoms with Gasteiger partial charge >= 0.3 is 0 Å². The first-order chi connectivity index (χ1) is 12.1. The molecule has 0 radical (unpaired) electrons. The van der Waals surface area contributed by atoms with Gasteiger partial charge in [0.25, 0.3) is 5.56 Å². The van der Waals surface area contributed by atoms with Gasteiger partial charge in [0.15, 0.2) is 4.77 Å². The molecule has 2 heterocycles. The number of para-hydroxylation sites is 1. The molecule has 4 rings (SSSR count). The highest BCUT2D eigenvalue weighted by atomic mass is 32.1. The Labute approximate surface area is 152 Å². The molecular formula is C19H13FN2OS2. The fourth-order valence-corrected chi connectivity index (χ4v) is 4.39. The van der Waals surface area contributed by atoms with Gasteiger partial charge in [-0.15, -0.1) is 11.3 Å². The van der Waals surface area contributed by atoms with Crippen LogP contribution in [0.5, 0.6) is 0 Å². The average Bonchev–Trinajstić information content (AvgIpc) is 2.93. The van der Waals surface area contributed by atoms with E-state index in [9.17, 15) is 9.18 Å². The Bertz CT molecular complexity index is 1190. The number of hydrogen-bond donors (Lipinski definition) is 1. The summed E-state index contributed by atoms with van der Waals surface area (Å²) in [6.45, 7) is 1.95. The van der Waals surface area contributed by atoms with E-state index >= 15 is 0 Å². The molecule has 0 aliphatic rings. The summed E-state index contributed by atoms with van der Waals surface area (Å²) < 4.78 is 15.1. The summed E-state index contributed by atoms with van der Waals surface area (Å²) in [6.07, 6.45) is 0. The maximum atomic E-state index is 13.3. The van der Waals surface area contributed by atoms with Gasteiger partial charge in [0, 0.05) is 10.4 Å². The first-order valence-electron chi connectivity index (χ1n) is 7.66. The Morgan fingerprint density at radius 2 is 1.76 bits per heavy atom. The zero-order chi connectivity index (χ0) is 17.6. The third-order valence-electron chi connectivity index (χ3n) is 4.07. The van der Waals surface area contributed by atoms with Crippen LogP contribution in [0.2, 0.25) is 0 Å². The van der Waals surface area contributed by atoms with Crippen molar-refractivity contribution in [3.05, 3.63) is 80.4 Å². The molecule has 124 valence electrons. The van der Waals surface area contributed by atoms with Gasteiger partial charge in [-0.05, 0) is 49.0 Å². The van der Waals surface area contributed by atoms with E-state index in [0.717, 1.165) is 20.8 Å². The minimum Gasteiger partial charge on any atom is -0.323 e. The summed E-state index contributed by atoms with van der Waals surface area (Å²) in [5, 5.41) is 0.576. The van der Waals surface area contributed by atoms with Gasteiger partial charge in [-0.25, -0.2) is 4.39 Å². The van der Waals surface area contributed by atoms with Crippen molar-refractivity contribution in [1.82, 2.24) is 9.55 Å². The summed E-state index contributed by atoms with van der Waals surface area (Å²) in [6, 6.07) is 15.5. The summed E-state index contributed by atoms with van der Waals surface area (Å²) in [5.74, 6) is -0.304. The topological polar surface area (TPSA) is 37.8 Å². The molecule has 0 bridgehead atoms. The maximum absolute atomic E-state index is 13.3. The fraction of sp³-hybridized carbons (Fsp3) is 0.0526. The normalized spacial score (nSPS) is 11.1. The number of aromatic amines is 1. The highest BCUT2D eigenvalue weighted by Gasteiger charge is 2.17. The zero-order valence-electron chi connectivity index (χ0n) is 13.2. The number of thiophene rings is 1. The molecule has 1 N–H and O–H groups in total. The molecule has 0 aliphatic carbocycles. The number of nitrogens with zero attached hydrogens (tertiary/aromatic N) is 1. The number of fused-ring (bicyclic) bond motifs is 1. The van der Waals surface area contributed by atoms with Crippen LogP contribution in [0.25, 0.3) is 27.0 Å². The van der Waals surface area contributed by atoms with E-state index in [4.69, 9.17) is 12.2 Å². The fourth-order valence-electron chi connectivity index (χ4n) is 2.97. The Morgan fingerprint density at radius 3 is 2.44 bits per heavy atom. The lowest BCUT2D eigenvalue weighted by Gasteiger charge is -2.07. The molecule has 0 amide bonds. The van der Waals surface area contributed by atoms with Gasteiger partial charge in [-0.3, -0.25) is 9.36 Å². The van der Waals surface area contributed by atoms with E-state index in [1.807, 2.05) is 37.3 Å². The second kappa shape index (κ2) is 6.06. The number of aryl methyl sites for hydroxylation is 1. The molecule has 4 aromatic rings. The molecular weight excluding hydrogens is 355 g/mol. The van der Waals surface area contributed by atoms with Crippen molar-refractivity contribution in [2.45, 2.75) is 6.92 Å². The number of aromatic nitrogens is 2. The molecule has 0 unspecified atom stereocenters. The lowest BCUT2D eigenvalue weighted by Crippen LogP contribution is -2.20. The van der Waals surface area contributed by atoms with Crippen LogP contribution in [0.1, 0.15) is 4.88 Å². The monoisotopic (exact) mass is 368 g/mol. The SMILES string of the molecule is Cc1sc2[nH]c(=S)n(-c3ccccc3)c(=O)c2c1-c1ccc(F)cc1. The van der Waals surface area contributed by atoms with Crippen molar-refractivity contribution < 1.29 is 4.39 Å². The van der Waals surface area contributed by atoms with Crippen molar-refractivity contribution in [2.75, 3.05) is 0 Å². The minimum absolute atomic E-state index is 0.173. The smallest absolute Gasteiger partial charge is 0.268 e. The lowest BCUT2D eigenvalue weighted by molar-refractivity contribution is 0.628. The highest BCUT2D eigenvalue weighted by Crippen LogP contribution is 2.35. The van der Waals surface area contributed by atoms with Crippen LogP contribution in [-0.4, -0.2) is 9.55 Å². The summed E-state index contributed by atoms with van der Waals surface area (Å²) in [7, 11) is 0. The van der Waals surface area contributed by atoms with Crippen molar-refractivity contribution in [3.63, 3.8) is 0 Å². The van der Waals surface area contributed by atoms with Crippen molar-refractivity contribution >= 4 is 33.8 Å². The molecule has 0 saturated heterocycles. The molecule has 0 fully saturated rings. The summed E-state index contributed by atoms with van der Waals surface area (Å²) >= 11 is 6.88. The van der Waals surface area contributed by atoms with Gasteiger partial charge in [0.1, 0.15) is 10.6 Å². The standard InChI is InChI=1S/C19H13FN2OS2/c1-11-15(12-7-9-13(20)10-8-12)16-17(25-11)21-19(24)22(18(16)23)14-5-3-2-4-6-14/h2-10H,1H3,(H,21,24). The molecule has 0 saturated carbocycles. The van der Waals surface area contributed by atoms with E-state index in [2.05, 4.69) is 4.98 Å². The molecule has 0 aliphatic heterocycles. The highest BCUT2D eigenvalue weighted by molar-refractivity contribution is 7.71. The average molecular weight is 368 g/mol. The first-order valence-corrected chi connectivity index (χ1v) is 8.88. The van der Waals surface area contributed by atoms with E-state index in [1.165, 1.54) is 28.0 Å². The minimum atomic E-state index is -0.304. The molecule has 2 aromatic heterocycles. The number of rotatable bonds is 2. The second-order valence-corrected chi connectivity index (χ2v) is 7.26. The molecule has 0 atom stereocenters. The van der Waals surface area contributed by atoms with E-state index < -0.39 is 0 Å². The van der Waals surface area contributed by atoms with E-state index in [-0.39, 0.29) is 11.4 Å². The third-order valence-corrected chi connectivity index (χ3v) is 5.38. The summed E-state index contributed by atoms with van der Waals surface area (Å²) in [5.41, 5.74) is 2.17. The number of hydrogen-bond acceptors (Lipinski definition) is 3. The van der Waals surface area contributed by atoms with Crippen LogP contribution >= 0.6 is 23.6 Å². The summed E-state index contributed by atoms with van der Waals surface area (Å²) in [4.78, 5) is 18.1. The van der Waals surface area contributed by atoms with Crippen LogP contribution in [0.3, 0.4) is 0 Å². The number of nitrogens with one attached hydrogen (secondary N) is 1. The zero-order valence-corrected chi connectivity index (χ0v) is 14.9. The van der Waals surface area contributed by atoms with Crippen LogP contribution in [0.15, 0.2) is 59.4 Å². The second-order valence-electron chi connectivity index (χ2n) is 5.65. The third kappa shape index (κ3) is 2.63. The van der Waals surface area contributed by atoms with Crippen molar-refractivity contribution in [1.29, 1.82) is 0 Å². The van der Waals surface area contributed by atoms with Crippen LogP contribution < -0.4 is 5.56 Å². The quantitative estimate of drug-likeness (QED) is 0.492. The van der Waals surface area contributed by atoms with E-state index in [1.54, 1.807) is 12.1 Å². The van der Waals surface area contributed by atoms with Crippen molar-refractivity contribution in [2.24, 2.45) is 0 Å². The van der Waals surface area contributed by atoms with Gasteiger partial charge in [0.2, 0.25) is 0 Å². The van der Waals surface area contributed by atoms with Crippen LogP contribution in [-0.2, 0) is 0 Å². The van der Waals surface area contributed by atoms with Gasteiger partial charge in [-0.1, -0.05) is 30.3 Å². The molecule has 3 nitrogen and oxygen atoms in total. The van der Waals surface area contributed by atoms with Gasteiger partial charge in [0.05, 0.1) is 11.1 Å². The Balaban J connectivity index is 2.09. The first kappa shape index (κ1) is 15.9. The molecule has 6 heteroatoms. The van der Waals surface area contributed by atoms with Gasteiger partial charge < -0.3 is 4.98 Å². The predicted octanol–water partition coefficient (Wildman–Crippen LogP) is 5.22. The number of benzene rings is 2. The maximum Gasteiger partial charge on any atom is 0.268 e. The van der Waals surface area contributed by atoms with Gasteiger partial charge in [-0.2, -0.15) is 0 Å². The van der Waals surface area contributed by atoms with Crippen LogP contribution in [0.4, 0.5) is 4.39 Å². The molecule has 0 spiro atoms. The lowest BCUT2D eigenvalue weighted by atomic mass is 10.0.